The van der Waals surface area contributed by atoms with Crippen molar-refractivity contribution in [2.75, 3.05) is 13.1 Å². The molecule has 3 aromatic rings. The molecule has 0 spiro atoms. The second kappa shape index (κ2) is 7.46. The van der Waals surface area contributed by atoms with Gasteiger partial charge in [0.25, 0.3) is 5.91 Å². The van der Waals surface area contributed by atoms with Gasteiger partial charge in [-0.15, -0.1) is 0 Å². The van der Waals surface area contributed by atoms with Gasteiger partial charge in [-0.1, -0.05) is 30.3 Å². The summed E-state index contributed by atoms with van der Waals surface area (Å²) in [7, 11) is 1.68. The highest BCUT2D eigenvalue weighted by atomic mass is 16.3. The van der Waals surface area contributed by atoms with Crippen LogP contribution < -0.4 is 5.69 Å². The molecule has 0 saturated carbocycles. The van der Waals surface area contributed by atoms with Gasteiger partial charge in [0.05, 0.1) is 6.54 Å². The highest BCUT2D eigenvalue weighted by Crippen LogP contribution is 2.27. The summed E-state index contributed by atoms with van der Waals surface area (Å²) >= 11 is 0. The number of carbonyl (C=O) groups is 1. The van der Waals surface area contributed by atoms with Crippen LogP contribution in [0, 0.1) is 6.92 Å². The standard InChI is InChI=1S/C20H23N5O3/c1-14-17(21-13-28-14)19(26)24-10-8-16(9-11-24)18-22-23(2)20(27)25(18)12-15-6-4-3-5-7-15/h3-7,13,16H,8-12H2,1-2H3. The highest BCUT2D eigenvalue weighted by molar-refractivity contribution is 5.93. The molecule has 1 amide bonds. The third-order valence-electron chi connectivity index (χ3n) is 5.31. The van der Waals surface area contributed by atoms with Crippen molar-refractivity contribution in [1.82, 2.24) is 24.2 Å². The minimum Gasteiger partial charge on any atom is -0.448 e. The Morgan fingerprint density at radius 1 is 1.21 bits per heavy atom. The zero-order valence-corrected chi connectivity index (χ0v) is 16.0. The van der Waals surface area contributed by atoms with Gasteiger partial charge in [-0.2, -0.15) is 5.10 Å². The third kappa shape index (κ3) is 3.37. The Morgan fingerprint density at radius 3 is 2.57 bits per heavy atom. The molecule has 0 radical (unpaired) electrons. The Bertz CT molecular complexity index is 1030. The molecule has 0 atom stereocenters. The number of oxazole rings is 1. The molecule has 1 aliphatic rings. The molecule has 0 aliphatic carbocycles. The molecular weight excluding hydrogens is 358 g/mol. The van der Waals surface area contributed by atoms with Crippen LogP contribution in [0.2, 0.25) is 0 Å². The van der Waals surface area contributed by atoms with Crippen molar-refractivity contribution in [2.24, 2.45) is 7.05 Å². The monoisotopic (exact) mass is 381 g/mol. The summed E-state index contributed by atoms with van der Waals surface area (Å²) in [5.74, 6) is 1.36. The highest BCUT2D eigenvalue weighted by Gasteiger charge is 2.30. The topological polar surface area (TPSA) is 86.2 Å². The molecule has 0 unspecified atom stereocenters. The lowest BCUT2D eigenvalue weighted by molar-refractivity contribution is 0.0703. The lowest BCUT2D eigenvalue weighted by atomic mass is 9.95. The number of piperidine rings is 1. The molecule has 28 heavy (non-hydrogen) atoms. The maximum Gasteiger partial charge on any atom is 0.345 e. The number of aromatic nitrogens is 4. The first-order chi connectivity index (χ1) is 13.5. The van der Waals surface area contributed by atoms with E-state index in [-0.39, 0.29) is 17.5 Å². The van der Waals surface area contributed by atoms with Crippen LogP contribution in [0.4, 0.5) is 0 Å². The summed E-state index contributed by atoms with van der Waals surface area (Å²) in [4.78, 5) is 31.0. The Kier molecular flexibility index (Phi) is 4.85. The van der Waals surface area contributed by atoms with Crippen molar-refractivity contribution in [3.63, 3.8) is 0 Å². The largest absolute Gasteiger partial charge is 0.448 e. The molecule has 3 heterocycles. The number of carbonyl (C=O) groups excluding carboxylic acids is 1. The van der Waals surface area contributed by atoms with Crippen LogP contribution >= 0.6 is 0 Å². The van der Waals surface area contributed by atoms with E-state index in [1.165, 1.54) is 11.1 Å². The zero-order valence-electron chi connectivity index (χ0n) is 16.0. The second-order valence-electron chi connectivity index (χ2n) is 7.16. The predicted octanol–water partition coefficient (Wildman–Crippen LogP) is 1.95. The van der Waals surface area contributed by atoms with Crippen molar-refractivity contribution < 1.29 is 9.21 Å². The average Bonchev–Trinajstić information content (AvgIpc) is 3.27. The maximum absolute atomic E-state index is 12.6. The summed E-state index contributed by atoms with van der Waals surface area (Å²) in [5.41, 5.74) is 1.32. The molecule has 146 valence electrons. The third-order valence-corrected chi connectivity index (χ3v) is 5.31. The van der Waals surface area contributed by atoms with Crippen LogP contribution in [0.15, 0.2) is 45.9 Å². The van der Waals surface area contributed by atoms with E-state index in [1.54, 1.807) is 23.4 Å². The molecule has 8 heteroatoms. The van der Waals surface area contributed by atoms with Crippen molar-refractivity contribution in [2.45, 2.75) is 32.2 Å². The average molecular weight is 381 g/mol. The lowest BCUT2D eigenvalue weighted by Crippen LogP contribution is -2.39. The Hall–Kier alpha value is -3.16. The fourth-order valence-electron chi connectivity index (χ4n) is 3.74. The van der Waals surface area contributed by atoms with Gasteiger partial charge >= 0.3 is 5.69 Å². The lowest BCUT2D eigenvalue weighted by Gasteiger charge is -2.31. The van der Waals surface area contributed by atoms with Gasteiger partial charge in [0.15, 0.2) is 12.1 Å². The van der Waals surface area contributed by atoms with Crippen molar-refractivity contribution >= 4 is 5.91 Å². The van der Waals surface area contributed by atoms with E-state index in [0.29, 0.717) is 31.1 Å². The molecule has 1 aliphatic heterocycles. The van der Waals surface area contributed by atoms with E-state index in [1.807, 2.05) is 30.3 Å². The van der Waals surface area contributed by atoms with Crippen LogP contribution in [-0.4, -0.2) is 43.2 Å². The molecule has 4 rings (SSSR count). The number of hydrogen-bond donors (Lipinski definition) is 0. The van der Waals surface area contributed by atoms with Gasteiger partial charge in [-0.25, -0.2) is 14.5 Å². The van der Waals surface area contributed by atoms with Gasteiger partial charge in [0.2, 0.25) is 0 Å². The fourth-order valence-corrected chi connectivity index (χ4v) is 3.74. The van der Waals surface area contributed by atoms with Crippen molar-refractivity contribution in [1.29, 1.82) is 0 Å². The number of amides is 1. The van der Waals surface area contributed by atoms with Gasteiger partial charge in [-0.05, 0) is 25.3 Å². The van der Waals surface area contributed by atoms with E-state index in [4.69, 9.17) is 4.42 Å². The van der Waals surface area contributed by atoms with E-state index in [0.717, 1.165) is 24.2 Å². The molecule has 2 aromatic heterocycles. The van der Waals surface area contributed by atoms with Gasteiger partial charge in [-0.3, -0.25) is 9.36 Å². The van der Waals surface area contributed by atoms with E-state index >= 15 is 0 Å². The number of nitrogens with zero attached hydrogens (tertiary/aromatic N) is 5. The number of benzene rings is 1. The number of rotatable bonds is 4. The second-order valence-corrected chi connectivity index (χ2v) is 7.16. The van der Waals surface area contributed by atoms with E-state index in [9.17, 15) is 9.59 Å². The summed E-state index contributed by atoms with van der Waals surface area (Å²) in [6.45, 7) is 3.45. The first-order valence-corrected chi connectivity index (χ1v) is 9.41. The maximum atomic E-state index is 12.6. The molecule has 1 aromatic carbocycles. The Balaban J connectivity index is 1.51. The Labute approximate surface area is 162 Å². The summed E-state index contributed by atoms with van der Waals surface area (Å²) in [6, 6.07) is 9.90. The minimum atomic E-state index is -0.115. The smallest absolute Gasteiger partial charge is 0.345 e. The van der Waals surface area contributed by atoms with Crippen LogP contribution in [-0.2, 0) is 13.6 Å². The van der Waals surface area contributed by atoms with Gasteiger partial charge < -0.3 is 9.32 Å². The van der Waals surface area contributed by atoms with Crippen LogP contribution in [0.1, 0.15) is 46.4 Å². The summed E-state index contributed by atoms with van der Waals surface area (Å²) in [5, 5.41) is 4.50. The molecule has 1 saturated heterocycles. The first-order valence-electron chi connectivity index (χ1n) is 9.41. The Morgan fingerprint density at radius 2 is 1.93 bits per heavy atom. The predicted molar refractivity (Wildman–Crippen MR) is 102 cm³/mol. The molecule has 1 fully saturated rings. The number of likely N-dealkylation sites (tertiary alicyclic amines) is 1. The van der Waals surface area contributed by atoms with E-state index < -0.39 is 0 Å². The van der Waals surface area contributed by atoms with Crippen molar-refractivity contribution in [3.8, 4) is 0 Å². The molecular formula is C20H23N5O3. The summed E-state index contributed by atoms with van der Waals surface area (Å²) in [6.07, 6.45) is 2.81. The first kappa shape index (κ1) is 18.2. The summed E-state index contributed by atoms with van der Waals surface area (Å²) < 4.78 is 8.29. The minimum absolute atomic E-state index is 0.104. The quantitative estimate of drug-likeness (QED) is 0.689. The molecule has 8 nitrogen and oxygen atoms in total. The fraction of sp³-hybridized carbons (Fsp3) is 0.400. The van der Waals surface area contributed by atoms with Gasteiger partial charge in [0, 0.05) is 26.1 Å². The van der Waals surface area contributed by atoms with Crippen LogP contribution in [0.3, 0.4) is 0 Å². The van der Waals surface area contributed by atoms with Crippen molar-refractivity contribution in [3.05, 3.63) is 70.1 Å². The molecule has 0 N–H and O–H groups in total. The van der Waals surface area contributed by atoms with Gasteiger partial charge in [0.1, 0.15) is 11.6 Å². The van der Waals surface area contributed by atoms with E-state index in [2.05, 4.69) is 10.1 Å². The van der Waals surface area contributed by atoms with Crippen LogP contribution in [0.5, 0.6) is 0 Å². The number of aryl methyl sites for hydroxylation is 2. The normalized spacial score (nSPS) is 15.1. The van der Waals surface area contributed by atoms with Crippen LogP contribution in [0.25, 0.3) is 0 Å². The SMILES string of the molecule is Cc1ocnc1C(=O)N1CCC(c2nn(C)c(=O)n2Cc2ccccc2)CC1. The number of hydrogen-bond acceptors (Lipinski definition) is 5. The zero-order chi connectivity index (χ0) is 19.7. The molecule has 0 bridgehead atoms.